The topological polar surface area (TPSA) is 94.9 Å². The number of sulfonamides is 1. The van der Waals surface area contributed by atoms with Crippen molar-refractivity contribution >= 4 is 27.0 Å². The van der Waals surface area contributed by atoms with E-state index in [0.29, 0.717) is 13.1 Å². The third-order valence-electron chi connectivity index (χ3n) is 6.65. The summed E-state index contributed by atoms with van der Waals surface area (Å²) in [4.78, 5) is 16.8. The lowest BCUT2D eigenvalue weighted by Crippen LogP contribution is -2.57. The predicted octanol–water partition coefficient (Wildman–Crippen LogP) is 1.44. The van der Waals surface area contributed by atoms with Crippen LogP contribution in [0.1, 0.15) is 30.2 Å². The highest BCUT2D eigenvalue weighted by Gasteiger charge is 2.51. The molecule has 3 aliphatic rings. The molecule has 2 aromatic rings. The number of carbonyl (C=O) groups is 1. The van der Waals surface area contributed by atoms with Crippen LogP contribution < -0.4 is 10.0 Å². The van der Waals surface area contributed by atoms with Gasteiger partial charge < -0.3 is 14.6 Å². The van der Waals surface area contributed by atoms with Gasteiger partial charge in [0, 0.05) is 43.7 Å². The summed E-state index contributed by atoms with van der Waals surface area (Å²) < 4.78 is 31.6. The fourth-order valence-corrected chi connectivity index (χ4v) is 5.72. The second-order valence-electron chi connectivity index (χ2n) is 8.40. The van der Waals surface area contributed by atoms with Crippen LogP contribution in [0.4, 0.5) is 4.79 Å². The summed E-state index contributed by atoms with van der Waals surface area (Å²) in [7, 11) is -3.28. The Hall–Kier alpha value is -2.10. The Morgan fingerprint density at radius 2 is 2.14 bits per heavy atom. The Labute approximate surface area is 170 Å². The molecular formula is C20H26N4O4S. The number of nitrogens with one attached hydrogen (secondary N) is 2. The highest BCUT2D eigenvalue weighted by atomic mass is 32.2. The first-order valence-corrected chi connectivity index (χ1v) is 12.0. The van der Waals surface area contributed by atoms with Crippen LogP contribution in [0.25, 0.3) is 11.0 Å². The predicted molar refractivity (Wildman–Crippen MR) is 109 cm³/mol. The Kier molecular flexibility index (Phi) is 4.38. The number of carbonyl (C=O) groups excluding carboxylic acids is 1. The van der Waals surface area contributed by atoms with E-state index >= 15 is 0 Å². The third-order valence-corrected chi connectivity index (χ3v) is 7.37. The summed E-state index contributed by atoms with van der Waals surface area (Å²) in [6.07, 6.45) is 3.78. The van der Waals surface area contributed by atoms with Crippen LogP contribution in [0.2, 0.25) is 0 Å². The molecule has 1 spiro atoms. The fourth-order valence-electron chi connectivity index (χ4n) is 5.26. The van der Waals surface area contributed by atoms with Gasteiger partial charge in [0.15, 0.2) is 0 Å². The van der Waals surface area contributed by atoms with Crippen molar-refractivity contribution in [2.45, 2.75) is 30.8 Å². The lowest BCUT2D eigenvalue weighted by atomic mass is 9.79. The minimum atomic E-state index is -3.28. The fraction of sp³-hybridized carbons (Fsp3) is 0.550. The van der Waals surface area contributed by atoms with Gasteiger partial charge in [-0.3, -0.25) is 4.90 Å². The Morgan fingerprint density at radius 3 is 2.97 bits per heavy atom. The Morgan fingerprint density at radius 1 is 1.31 bits per heavy atom. The summed E-state index contributed by atoms with van der Waals surface area (Å²) >= 11 is 0. The molecule has 1 aromatic carbocycles. The molecule has 1 aromatic heterocycles. The van der Waals surface area contributed by atoms with E-state index in [-0.39, 0.29) is 24.2 Å². The van der Waals surface area contributed by atoms with Crippen LogP contribution in [-0.4, -0.2) is 68.8 Å². The van der Waals surface area contributed by atoms with E-state index in [1.54, 1.807) is 0 Å². The van der Waals surface area contributed by atoms with Crippen molar-refractivity contribution in [3.8, 4) is 0 Å². The van der Waals surface area contributed by atoms with Gasteiger partial charge in [-0.05, 0) is 25.3 Å². The number of furan rings is 1. The second kappa shape index (κ2) is 6.72. The number of amides is 2. The van der Waals surface area contributed by atoms with E-state index in [2.05, 4.69) is 21.0 Å². The van der Waals surface area contributed by atoms with Gasteiger partial charge in [-0.15, -0.1) is 0 Å². The van der Waals surface area contributed by atoms with Crippen molar-refractivity contribution in [3.05, 3.63) is 35.6 Å². The highest BCUT2D eigenvalue weighted by Crippen LogP contribution is 2.46. The molecule has 5 rings (SSSR count). The van der Waals surface area contributed by atoms with Crippen molar-refractivity contribution in [2.75, 3.05) is 39.0 Å². The van der Waals surface area contributed by atoms with E-state index in [9.17, 15) is 13.2 Å². The van der Waals surface area contributed by atoms with E-state index in [4.69, 9.17) is 4.42 Å². The molecule has 2 fully saturated rings. The van der Waals surface area contributed by atoms with Crippen molar-refractivity contribution in [3.63, 3.8) is 0 Å². The molecule has 0 saturated carbocycles. The molecule has 3 aliphatic heterocycles. The molecule has 2 amide bonds. The zero-order chi connectivity index (χ0) is 20.2. The van der Waals surface area contributed by atoms with Crippen LogP contribution >= 0.6 is 0 Å². The average Bonchev–Trinajstić information content (AvgIpc) is 3.21. The van der Waals surface area contributed by atoms with Crippen molar-refractivity contribution in [1.82, 2.24) is 19.8 Å². The maximum absolute atomic E-state index is 12.6. The number of para-hydroxylation sites is 1. The lowest BCUT2D eigenvalue weighted by molar-refractivity contribution is 0.0225. The van der Waals surface area contributed by atoms with Gasteiger partial charge in [0.1, 0.15) is 11.3 Å². The van der Waals surface area contributed by atoms with Gasteiger partial charge >= 0.3 is 6.03 Å². The molecule has 8 nitrogen and oxygen atoms in total. The molecular weight excluding hydrogens is 392 g/mol. The zero-order valence-electron chi connectivity index (χ0n) is 16.5. The number of piperidine rings is 1. The van der Waals surface area contributed by atoms with Gasteiger partial charge in [0.05, 0.1) is 17.8 Å². The minimum Gasteiger partial charge on any atom is -0.459 e. The molecule has 9 heteroatoms. The molecule has 0 bridgehead atoms. The van der Waals surface area contributed by atoms with Gasteiger partial charge in [0.2, 0.25) is 10.0 Å². The zero-order valence-corrected chi connectivity index (χ0v) is 17.3. The summed E-state index contributed by atoms with van der Waals surface area (Å²) in [5, 5.41) is 4.18. The standard InChI is InChI=1S/C20H26N4O4S/c1-29(26,27)22-8-11-24-19(25)21-13-20(24)7-10-23-9-6-15-14-4-2-3-5-17(14)28-18(15)16(23)12-20/h2-5,16,22H,6-13H2,1H3,(H,21,25)/t16-,20+/m1/s1. The van der Waals surface area contributed by atoms with Crippen LogP contribution in [-0.2, 0) is 16.4 Å². The summed E-state index contributed by atoms with van der Waals surface area (Å²) in [6.45, 7) is 3.06. The molecule has 2 N–H and O–H groups in total. The average molecular weight is 419 g/mol. The van der Waals surface area contributed by atoms with E-state index in [0.717, 1.165) is 50.0 Å². The highest BCUT2D eigenvalue weighted by molar-refractivity contribution is 7.88. The van der Waals surface area contributed by atoms with Gasteiger partial charge in [-0.25, -0.2) is 17.9 Å². The molecule has 156 valence electrons. The molecule has 29 heavy (non-hydrogen) atoms. The van der Waals surface area contributed by atoms with E-state index < -0.39 is 10.0 Å². The number of benzene rings is 1. The first-order chi connectivity index (χ1) is 13.9. The molecule has 0 aliphatic carbocycles. The maximum atomic E-state index is 12.6. The van der Waals surface area contributed by atoms with Crippen LogP contribution in [0.15, 0.2) is 28.7 Å². The van der Waals surface area contributed by atoms with E-state index in [1.807, 2.05) is 23.1 Å². The quantitative estimate of drug-likeness (QED) is 0.784. The molecule has 0 radical (unpaired) electrons. The molecule has 4 heterocycles. The summed E-state index contributed by atoms with van der Waals surface area (Å²) in [5.41, 5.74) is 1.90. The minimum absolute atomic E-state index is 0.116. The number of urea groups is 1. The summed E-state index contributed by atoms with van der Waals surface area (Å²) in [5.74, 6) is 1.03. The number of rotatable bonds is 4. The van der Waals surface area contributed by atoms with Crippen molar-refractivity contribution in [2.24, 2.45) is 0 Å². The smallest absolute Gasteiger partial charge is 0.318 e. The SMILES string of the molecule is CS(=O)(=O)NCCN1C(=O)NC[C@@]12CCN1CCc3c(oc4ccccc34)[C@H]1C2. The number of fused-ring (bicyclic) bond motifs is 5. The number of nitrogens with zero attached hydrogens (tertiary/aromatic N) is 2. The molecule has 0 unspecified atom stereocenters. The van der Waals surface area contributed by atoms with Gasteiger partial charge in [-0.2, -0.15) is 0 Å². The first kappa shape index (κ1) is 18.9. The van der Waals surface area contributed by atoms with Crippen LogP contribution in [0.3, 0.4) is 0 Å². The van der Waals surface area contributed by atoms with Crippen molar-refractivity contribution < 1.29 is 17.6 Å². The van der Waals surface area contributed by atoms with Crippen LogP contribution in [0.5, 0.6) is 0 Å². The molecule has 2 atom stereocenters. The van der Waals surface area contributed by atoms with Gasteiger partial charge in [-0.1, -0.05) is 18.2 Å². The van der Waals surface area contributed by atoms with Crippen LogP contribution in [0, 0.1) is 0 Å². The second-order valence-corrected chi connectivity index (χ2v) is 10.2. The first-order valence-electron chi connectivity index (χ1n) is 10.1. The number of hydrogen-bond donors (Lipinski definition) is 2. The largest absolute Gasteiger partial charge is 0.459 e. The van der Waals surface area contributed by atoms with E-state index in [1.165, 1.54) is 10.9 Å². The maximum Gasteiger partial charge on any atom is 0.318 e. The summed E-state index contributed by atoms with van der Waals surface area (Å²) in [6, 6.07) is 8.19. The van der Waals surface area contributed by atoms with Crippen molar-refractivity contribution in [1.29, 1.82) is 0 Å². The monoisotopic (exact) mass is 418 g/mol. The Balaban J connectivity index is 1.43. The Bertz CT molecular complexity index is 1070. The third kappa shape index (κ3) is 3.21. The molecule has 2 saturated heterocycles. The number of hydrogen-bond acceptors (Lipinski definition) is 5. The normalized spacial score (nSPS) is 27.3. The van der Waals surface area contributed by atoms with Gasteiger partial charge in [0.25, 0.3) is 0 Å². The lowest BCUT2D eigenvalue weighted by Gasteiger charge is -2.49.